The van der Waals surface area contributed by atoms with Gasteiger partial charge in [0.15, 0.2) is 5.17 Å². The Balaban J connectivity index is 1.96. The van der Waals surface area contributed by atoms with Crippen LogP contribution in [0.15, 0.2) is 23.2 Å². The van der Waals surface area contributed by atoms with Crippen molar-refractivity contribution >= 4 is 39.6 Å². The Bertz CT molecular complexity index is 701. The first-order valence-electron chi connectivity index (χ1n) is 9.68. The summed E-state index contributed by atoms with van der Waals surface area (Å²) in [6.07, 6.45) is 7.72. The summed E-state index contributed by atoms with van der Waals surface area (Å²) in [5.41, 5.74) is 4.06. The van der Waals surface area contributed by atoms with E-state index in [0.717, 1.165) is 42.4 Å². The lowest BCUT2D eigenvalue weighted by Crippen LogP contribution is -2.50. The number of amidine groups is 1. The molecule has 1 aliphatic heterocycles. The van der Waals surface area contributed by atoms with Crippen LogP contribution in [0.4, 0.5) is 10.5 Å². The van der Waals surface area contributed by atoms with Gasteiger partial charge in [0.1, 0.15) is 0 Å². The highest BCUT2D eigenvalue weighted by molar-refractivity contribution is 8.15. The normalized spacial score (nSPS) is 24.8. The van der Waals surface area contributed by atoms with Gasteiger partial charge in [-0.3, -0.25) is 9.69 Å². The Morgan fingerprint density at radius 3 is 2.81 bits per heavy atom. The molecule has 1 aliphatic carbocycles. The van der Waals surface area contributed by atoms with Gasteiger partial charge in [0.25, 0.3) is 5.24 Å². The molecule has 0 saturated carbocycles. The van der Waals surface area contributed by atoms with Crippen LogP contribution < -0.4 is 0 Å². The largest absolute Gasteiger partial charge is 0.287 e. The molecular weight excluding hydrogens is 360 g/mol. The van der Waals surface area contributed by atoms with Crippen molar-refractivity contribution < 1.29 is 4.79 Å². The number of rotatable bonds is 3. The number of hydrogen-bond donors (Lipinski definition) is 0. The summed E-state index contributed by atoms with van der Waals surface area (Å²) in [7, 11) is 0. The van der Waals surface area contributed by atoms with E-state index in [1.54, 1.807) is 11.8 Å². The summed E-state index contributed by atoms with van der Waals surface area (Å²) in [4.78, 5) is 19.6. The maximum absolute atomic E-state index is 12.7. The molecule has 5 heteroatoms. The molecule has 0 N–H and O–H groups in total. The first-order valence-corrected chi connectivity index (χ1v) is 11.9. The predicted octanol–water partition coefficient (Wildman–Crippen LogP) is 6.14. The molecule has 2 aliphatic rings. The van der Waals surface area contributed by atoms with E-state index in [0.29, 0.717) is 5.92 Å². The summed E-state index contributed by atoms with van der Waals surface area (Å²) < 4.78 is 0. The highest BCUT2D eigenvalue weighted by atomic mass is 32.2. The van der Waals surface area contributed by atoms with Crippen molar-refractivity contribution in [2.45, 2.75) is 52.9 Å². The molecule has 1 amide bonds. The number of benzene rings is 1. The van der Waals surface area contributed by atoms with Crippen LogP contribution >= 0.6 is 23.5 Å². The van der Waals surface area contributed by atoms with E-state index in [1.165, 1.54) is 35.7 Å². The molecule has 1 atom stereocenters. The number of nitrogens with zero attached hydrogens (tertiary/aromatic N) is 2. The second kappa shape index (κ2) is 8.39. The number of carbonyl (C=O) groups is 1. The first kappa shape index (κ1) is 19.8. The maximum atomic E-state index is 12.7. The Labute approximate surface area is 166 Å². The molecular formula is C21H30N2OS2. The van der Waals surface area contributed by atoms with Crippen molar-refractivity contribution in [2.24, 2.45) is 16.3 Å². The minimum absolute atomic E-state index is 0.110. The van der Waals surface area contributed by atoms with E-state index in [4.69, 9.17) is 4.99 Å². The number of aliphatic imine (C=N–C) groups is 1. The zero-order valence-electron chi connectivity index (χ0n) is 16.4. The van der Waals surface area contributed by atoms with Gasteiger partial charge in [-0.05, 0) is 61.5 Å². The summed E-state index contributed by atoms with van der Waals surface area (Å²) in [5.74, 6) is 1.58. The topological polar surface area (TPSA) is 32.7 Å². The van der Waals surface area contributed by atoms with Gasteiger partial charge in [0.2, 0.25) is 0 Å². The number of thioether (sulfide) groups is 2. The summed E-state index contributed by atoms with van der Waals surface area (Å²) in [6.45, 7) is 7.59. The molecule has 3 rings (SSSR count). The van der Waals surface area contributed by atoms with Crippen LogP contribution in [-0.4, -0.2) is 33.9 Å². The highest BCUT2D eigenvalue weighted by Gasteiger charge is 2.41. The monoisotopic (exact) mass is 390 g/mol. The summed E-state index contributed by atoms with van der Waals surface area (Å²) in [5, 5.41) is 0.993. The predicted molar refractivity (Wildman–Crippen MR) is 116 cm³/mol. The van der Waals surface area contributed by atoms with Gasteiger partial charge in [0.05, 0.1) is 5.69 Å². The van der Waals surface area contributed by atoms with E-state index in [-0.39, 0.29) is 10.7 Å². The van der Waals surface area contributed by atoms with Crippen molar-refractivity contribution in [1.82, 2.24) is 4.90 Å². The van der Waals surface area contributed by atoms with Gasteiger partial charge in [-0.1, -0.05) is 56.4 Å². The van der Waals surface area contributed by atoms with Crippen LogP contribution in [0.1, 0.15) is 51.2 Å². The molecule has 1 heterocycles. The van der Waals surface area contributed by atoms with E-state index in [9.17, 15) is 4.79 Å². The zero-order valence-corrected chi connectivity index (χ0v) is 18.0. The van der Waals surface area contributed by atoms with Crippen LogP contribution in [-0.2, 0) is 12.8 Å². The fraction of sp³-hybridized carbons (Fsp3) is 0.619. The van der Waals surface area contributed by atoms with Crippen LogP contribution in [0, 0.1) is 11.3 Å². The minimum Gasteiger partial charge on any atom is -0.281 e. The lowest BCUT2D eigenvalue weighted by molar-refractivity contribution is 0.166. The molecule has 1 aromatic rings. The average molecular weight is 391 g/mol. The van der Waals surface area contributed by atoms with Gasteiger partial charge in [-0.2, -0.15) is 0 Å². The Kier molecular flexibility index (Phi) is 6.39. The van der Waals surface area contributed by atoms with Crippen LogP contribution in [0.5, 0.6) is 0 Å². The second-order valence-electron chi connectivity index (χ2n) is 7.73. The summed E-state index contributed by atoms with van der Waals surface area (Å²) in [6, 6.07) is 6.46. The number of aryl methyl sites for hydroxylation is 1. The van der Waals surface area contributed by atoms with Crippen LogP contribution in [0.2, 0.25) is 0 Å². The smallest absolute Gasteiger partial charge is 0.281 e. The lowest BCUT2D eigenvalue weighted by Gasteiger charge is -2.44. The van der Waals surface area contributed by atoms with Crippen molar-refractivity contribution in [3.8, 4) is 0 Å². The quantitative estimate of drug-likeness (QED) is 0.621. The van der Waals surface area contributed by atoms with Gasteiger partial charge >= 0.3 is 0 Å². The highest BCUT2D eigenvalue weighted by Crippen LogP contribution is 2.42. The van der Waals surface area contributed by atoms with Gasteiger partial charge < -0.3 is 0 Å². The average Bonchev–Trinajstić information content (AvgIpc) is 2.68. The Morgan fingerprint density at radius 2 is 2.12 bits per heavy atom. The molecule has 0 bridgehead atoms. The SMILES string of the molecule is CCC1(C(C)C)CSC(=Nc2cccc3c2CCCC3)N(C(=O)SC)C1. The summed E-state index contributed by atoms with van der Waals surface area (Å²) >= 11 is 3.05. The number of carbonyl (C=O) groups excluding carboxylic acids is 1. The maximum Gasteiger partial charge on any atom is 0.287 e. The number of amides is 1. The molecule has 1 aromatic carbocycles. The number of fused-ring (bicyclic) bond motifs is 1. The lowest BCUT2D eigenvalue weighted by atomic mass is 9.76. The third-order valence-corrected chi connectivity index (χ3v) is 7.96. The molecule has 26 heavy (non-hydrogen) atoms. The van der Waals surface area contributed by atoms with Crippen LogP contribution in [0.3, 0.4) is 0 Å². The second-order valence-corrected chi connectivity index (χ2v) is 9.43. The van der Waals surface area contributed by atoms with E-state index in [2.05, 4.69) is 39.0 Å². The number of hydrogen-bond acceptors (Lipinski definition) is 4. The van der Waals surface area contributed by atoms with Crippen molar-refractivity contribution in [3.05, 3.63) is 29.3 Å². The zero-order chi connectivity index (χ0) is 18.7. The van der Waals surface area contributed by atoms with Gasteiger partial charge in [0, 0.05) is 17.7 Å². The van der Waals surface area contributed by atoms with E-state index < -0.39 is 0 Å². The fourth-order valence-electron chi connectivity index (χ4n) is 4.00. The molecule has 0 radical (unpaired) electrons. The van der Waals surface area contributed by atoms with E-state index >= 15 is 0 Å². The van der Waals surface area contributed by atoms with Crippen molar-refractivity contribution in [1.29, 1.82) is 0 Å². The minimum atomic E-state index is 0.110. The van der Waals surface area contributed by atoms with Crippen molar-refractivity contribution in [3.63, 3.8) is 0 Å². The molecule has 3 nitrogen and oxygen atoms in total. The third-order valence-electron chi connectivity index (χ3n) is 6.10. The third kappa shape index (κ3) is 3.84. The molecule has 0 spiro atoms. The van der Waals surface area contributed by atoms with Crippen LogP contribution in [0.25, 0.3) is 0 Å². The molecule has 1 fully saturated rings. The fourth-order valence-corrected chi connectivity index (χ4v) is 5.94. The molecule has 1 unspecified atom stereocenters. The Hall–Kier alpha value is -0.940. The first-order chi connectivity index (χ1) is 12.5. The Morgan fingerprint density at radius 1 is 1.35 bits per heavy atom. The molecule has 0 aromatic heterocycles. The standard InChI is InChI=1S/C21H30N2OS2/c1-5-21(15(2)3)13-23(20(24)25-4)19(26-14-21)22-18-12-8-10-16-9-6-7-11-17(16)18/h8,10,12,15H,5-7,9,11,13-14H2,1-4H3. The van der Waals surface area contributed by atoms with Gasteiger partial charge in [-0.25, -0.2) is 4.99 Å². The molecule has 142 valence electrons. The molecule has 1 saturated heterocycles. The van der Waals surface area contributed by atoms with E-state index in [1.807, 2.05) is 11.2 Å². The van der Waals surface area contributed by atoms with Crippen molar-refractivity contribution in [2.75, 3.05) is 18.6 Å². The van der Waals surface area contributed by atoms with Gasteiger partial charge in [-0.15, -0.1) is 0 Å².